The Morgan fingerprint density at radius 3 is 2.50 bits per heavy atom. The van der Waals surface area contributed by atoms with Gasteiger partial charge in [-0.05, 0) is 12.0 Å². The van der Waals surface area contributed by atoms with Gasteiger partial charge in [0.15, 0.2) is 6.54 Å². The van der Waals surface area contributed by atoms with Crippen LogP contribution in [0.1, 0.15) is 37.9 Å². The average molecular weight is 273 g/mol. The number of quaternary nitrogens is 1. The van der Waals surface area contributed by atoms with E-state index in [1.54, 1.807) is 0 Å². The number of carbonyl (C=O) groups excluding carboxylic acids is 1. The summed E-state index contributed by atoms with van der Waals surface area (Å²) in [5, 5.41) is 4.77. The van der Waals surface area contributed by atoms with E-state index in [1.807, 2.05) is 0 Å². The molecule has 3 heteroatoms. The molecule has 0 fully saturated rings. The fourth-order valence-electron chi connectivity index (χ4n) is 2.22. The van der Waals surface area contributed by atoms with E-state index in [4.69, 9.17) is 6.42 Å². The summed E-state index contributed by atoms with van der Waals surface area (Å²) in [7, 11) is 0. The molecule has 1 amide bonds. The molecule has 0 heterocycles. The minimum Gasteiger partial charge on any atom is -0.340 e. The Kier molecular flexibility index (Phi) is 6.83. The summed E-state index contributed by atoms with van der Waals surface area (Å²) in [5.41, 5.74) is 2.60. The summed E-state index contributed by atoms with van der Waals surface area (Å²) in [6.07, 6.45) is 6.17. The van der Waals surface area contributed by atoms with Gasteiger partial charge in [0.25, 0.3) is 5.91 Å². The van der Waals surface area contributed by atoms with Crippen LogP contribution < -0.4 is 10.6 Å². The van der Waals surface area contributed by atoms with E-state index in [1.165, 1.54) is 11.1 Å². The predicted molar refractivity (Wildman–Crippen MR) is 82.0 cm³/mol. The number of nitrogens with two attached hydrogens (primary N) is 1. The molecule has 20 heavy (non-hydrogen) atoms. The Morgan fingerprint density at radius 2 is 2.00 bits per heavy atom. The van der Waals surface area contributed by atoms with Crippen molar-refractivity contribution in [3.05, 3.63) is 35.4 Å². The normalized spacial score (nSPS) is 11.9. The monoisotopic (exact) mass is 273 g/mol. The molecule has 0 bridgehead atoms. The average Bonchev–Trinajstić information content (AvgIpc) is 2.45. The minimum atomic E-state index is -0.0150. The molecule has 3 N–H and O–H groups in total. The molecule has 0 spiro atoms. The van der Waals surface area contributed by atoms with E-state index in [9.17, 15) is 4.79 Å². The second-order valence-corrected chi connectivity index (χ2v) is 5.29. The second-order valence-electron chi connectivity index (χ2n) is 5.29. The van der Waals surface area contributed by atoms with Crippen LogP contribution >= 0.6 is 0 Å². The van der Waals surface area contributed by atoms with Gasteiger partial charge in [-0.1, -0.05) is 51.0 Å². The number of aryl methyl sites for hydroxylation is 1. The van der Waals surface area contributed by atoms with Gasteiger partial charge < -0.3 is 10.6 Å². The third kappa shape index (κ3) is 5.07. The van der Waals surface area contributed by atoms with Crippen molar-refractivity contribution >= 4 is 5.91 Å². The van der Waals surface area contributed by atoms with E-state index in [2.05, 4.69) is 61.6 Å². The maximum Gasteiger partial charge on any atom is 0.275 e. The fourth-order valence-corrected chi connectivity index (χ4v) is 2.22. The first-order valence-corrected chi connectivity index (χ1v) is 7.20. The lowest BCUT2D eigenvalue weighted by Crippen LogP contribution is -2.88. The molecule has 0 aliphatic carbocycles. The Balaban J connectivity index is 2.64. The number of hydrogen-bond acceptors (Lipinski definition) is 1. The van der Waals surface area contributed by atoms with Crippen molar-refractivity contribution in [1.82, 2.24) is 5.32 Å². The van der Waals surface area contributed by atoms with Gasteiger partial charge in [-0.3, -0.25) is 4.79 Å². The van der Waals surface area contributed by atoms with E-state index in [0.717, 1.165) is 6.42 Å². The molecule has 0 aromatic heterocycles. The van der Waals surface area contributed by atoms with E-state index >= 15 is 0 Å². The van der Waals surface area contributed by atoms with Gasteiger partial charge in [0.2, 0.25) is 0 Å². The molecule has 0 unspecified atom stereocenters. The van der Waals surface area contributed by atoms with Gasteiger partial charge in [-0.2, -0.15) is 0 Å². The molecular weight excluding hydrogens is 248 g/mol. The van der Waals surface area contributed by atoms with Crippen LogP contribution in [-0.2, 0) is 11.2 Å². The maximum atomic E-state index is 11.6. The molecule has 1 rings (SSSR count). The van der Waals surface area contributed by atoms with Crippen LogP contribution in [0.5, 0.6) is 0 Å². The summed E-state index contributed by atoms with van der Waals surface area (Å²) in [5.74, 6) is 2.85. The lowest BCUT2D eigenvalue weighted by atomic mass is 9.95. The zero-order valence-corrected chi connectivity index (χ0v) is 12.6. The smallest absolute Gasteiger partial charge is 0.275 e. The van der Waals surface area contributed by atoms with Crippen molar-refractivity contribution in [2.75, 3.05) is 13.1 Å². The van der Waals surface area contributed by atoms with Gasteiger partial charge in [-0.15, -0.1) is 6.42 Å². The lowest BCUT2D eigenvalue weighted by molar-refractivity contribution is -0.692. The molecule has 1 aromatic rings. The summed E-state index contributed by atoms with van der Waals surface area (Å²) < 4.78 is 0. The Morgan fingerprint density at radius 1 is 1.35 bits per heavy atom. The number of carbonyl (C=O) groups is 1. The number of terminal acetylenes is 1. The number of hydrogen-bond donors (Lipinski definition) is 2. The van der Waals surface area contributed by atoms with Gasteiger partial charge in [0, 0.05) is 11.5 Å². The van der Waals surface area contributed by atoms with Crippen LogP contribution in [0, 0.1) is 18.3 Å². The molecule has 1 aromatic carbocycles. The van der Waals surface area contributed by atoms with Crippen LogP contribution in [0.3, 0.4) is 0 Å². The van der Waals surface area contributed by atoms with Crippen molar-refractivity contribution in [2.24, 2.45) is 5.92 Å². The minimum absolute atomic E-state index is 0.0150. The second kappa shape index (κ2) is 8.39. The first-order chi connectivity index (χ1) is 9.58. The highest BCUT2D eigenvalue weighted by atomic mass is 16.1. The highest BCUT2D eigenvalue weighted by Gasteiger charge is 2.20. The molecule has 108 valence electrons. The van der Waals surface area contributed by atoms with Crippen molar-refractivity contribution in [3.8, 4) is 12.3 Å². The van der Waals surface area contributed by atoms with Crippen LogP contribution in [0.25, 0.3) is 0 Å². The van der Waals surface area contributed by atoms with E-state index in [-0.39, 0.29) is 11.9 Å². The van der Waals surface area contributed by atoms with Crippen LogP contribution in [-0.4, -0.2) is 19.0 Å². The van der Waals surface area contributed by atoms with Gasteiger partial charge in [0.05, 0.1) is 6.54 Å². The number of rotatable bonds is 7. The molecule has 0 radical (unpaired) electrons. The van der Waals surface area contributed by atoms with Crippen LogP contribution in [0.15, 0.2) is 24.3 Å². The van der Waals surface area contributed by atoms with Crippen LogP contribution in [0.2, 0.25) is 0 Å². The predicted octanol–water partition coefficient (Wildman–Crippen LogP) is 1.26. The zero-order valence-electron chi connectivity index (χ0n) is 12.6. The third-order valence-electron chi connectivity index (χ3n) is 3.44. The molecule has 3 nitrogen and oxygen atoms in total. The highest BCUT2D eigenvalue weighted by Crippen LogP contribution is 2.18. The number of nitrogens with one attached hydrogen (secondary N) is 1. The largest absolute Gasteiger partial charge is 0.340 e. The first-order valence-electron chi connectivity index (χ1n) is 7.20. The van der Waals surface area contributed by atoms with Crippen molar-refractivity contribution in [2.45, 2.75) is 33.2 Å². The van der Waals surface area contributed by atoms with E-state index in [0.29, 0.717) is 19.0 Å². The highest BCUT2D eigenvalue weighted by molar-refractivity contribution is 5.76. The van der Waals surface area contributed by atoms with Gasteiger partial charge in [-0.25, -0.2) is 0 Å². The number of benzene rings is 1. The molecular formula is C17H25N2O+. The van der Waals surface area contributed by atoms with Crippen molar-refractivity contribution < 1.29 is 10.1 Å². The van der Waals surface area contributed by atoms with Gasteiger partial charge >= 0.3 is 0 Å². The standard InChI is InChI=1S/C17H24N2O/c1-5-11-18-16(20)12-19-17(13(3)4)15-9-7-14(6-2)8-10-15/h1,7-10,13,17,19H,6,11-12H2,2-4H3,(H,18,20)/p+1/t17-/m1/s1. The topological polar surface area (TPSA) is 45.7 Å². The fraction of sp³-hybridized carbons (Fsp3) is 0.471. The Bertz CT molecular complexity index is 457. The maximum absolute atomic E-state index is 11.6. The molecule has 0 saturated carbocycles. The third-order valence-corrected chi connectivity index (χ3v) is 3.44. The van der Waals surface area contributed by atoms with Crippen molar-refractivity contribution in [3.63, 3.8) is 0 Å². The van der Waals surface area contributed by atoms with Gasteiger partial charge in [0.1, 0.15) is 6.04 Å². The summed E-state index contributed by atoms with van der Waals surface area (Å²) in [6.45, 7) is 7.20. The molecule has 0 saturated heterocycles. The molecule has 0 aliphatic rings. The molecule has 0 aliphatic heterocycles. The lowest BCUT2D eigenvalue weighted by Gasteiger charge is -2.19. The zero-order chi connectivity index (χ0) is 15.0. The SMILES string of the molecule is C#CCNC(=O)C[NH2+][C@@H](c1ccc(CC)cc1)C(C)C. The van der Waals surface area contributed by atoms with Crippen molar-refractivity contribution in [1.29, 1.82) is 0 Å². The quantitative estimate of drug-likeness (QED) is 0.722. The van der Waals surface area contributed by atoms with Crippen LogP contribution in [0.4, 0.5) is 0 Å². The summed E-state index contributed by atoms with van der Waals surface area (Å²) in [4.78, 5) is 11.6. The van der Waals surface area contributed by atoms with E-state index < -0.39 is 0 Å². The Labute approximate surface area is 122 Å². The summed E-state index contributed by atoms with van der Waals surface area (Å²) in [6, 6.07) is 8.95. The number of amides is 1. The first kappa shape index (κ1) is 16.3. The Hall–Kier alpha value is -1.79. The molecule has 1 atom stereocenters. The summed E-state index contributed by atoms with van der Waals surface area (Å²) >= 11 is 0.